The maximum atomic E-state index is 2.49. The first-order chi connectivity index (χ1) is 3.97. The lowest BCUT2D eigenvalue weighted by Gasteiger charge is -2.10. The Hall–Kier alpha value is 0.0500. The highest BCUT2D eigenvalue weighted by Gasteiger charge is 2.24. The van der Waals surface area contributed by atoms with Crippen LogP contribution in [0.4, 0.5) is 0 Å². The molecule has 0 aliphatic carbocycles. The summed E-state index contributed by atoms with van der Waals surface area (Å²) >= 11 is 2.04. The molecule has 0 spiro atoms. The molecule has 1 saturated heterocycles. The molecular formula is C6H9NS. The molecule has 1 unspecified atom stereocenters. The summed E-state index contributed by atoms with van der Waals surface area (Å²) in [5, 5.41) is 0. The van der Waals surface area contributed by atoms with Crippen molar-refractivity contribution in [2.75, 3.05) is 18.2 Å². The molecule has 8 heavy (non-hydrogen) atoms. The van der Waals surface area contributed by atoms with E-state index in [0.29, 0.717) is 0 Å². The van der Waals surface area contributed by atoms with Gasteiger partial charge in [0.25, 0.3) is 0 Å². The molecule has 0 aromatic carbocycles. The van der Waals surface area contributed by atoms with Gasteiger partial charge in [0.1, 0.15) is 0 Å². The minimum atomic E-state index is 0.792. The molecule has 2 heterocycles. The second-order valence-electron chi connectivity index (χ2n) is 2.27. The average Bonchev–Trinajstić information content (AvgIpc) is 2.15. The monoisotopic (exact) mass is 127 g/mol. The fourth-order valence-corrected chi connectivity index (χ4v) is 2.41. The van der Waals surface area contributed by atoms with E-state index in [2.05, 4.69) is 17.1 Å². The fraction of sp³-hybridized carbons (Fsp3) is 0.667. The van der Waals surface area contributed by atoms with E-state index in [9.17, 15) is 0 Å². The van der Waals surface area contributed by atoms with Gasteiger partial charge in [0, 0.05) is 24.2 Å². The summed E-state index contributed by atoms with van der Waals surface area (Å²) in [6.07, 6.45) is 4.59. The SMILES string of the molecule is C1=CC2CSCN2C1. The molecule has 0 saturated carbocycles. The van der Waals surface area contributed by atoms with Crippen molar-refractivity contribution in [2.45, 2.75) is 6.04 Å². The second-order valence-corrected chi connectivity index (χ2v) is 3.27. The first-order valence-electron chi connectivity index (χ1n) is 2.95. The molecule has 0 amide bonds. The minimum absolute atomic E-state index is 0.792. The molecule has 0 aromatic rings. The van der Waals surface area contributed by atoms with Crippen LogP contribution in [0.1, 0.15) is 0 Å². The van der Waals surface area contributed by atoms with E-state index in [1.807, 2.05) is 11.8 Å². The second kappa shape index (κ2) is 1.78. The van der Waals surface area contributed by atoms with Gasteiger partial charge < -0.3 is 0 Å². The molecule has 0 bridgehead atoms. The lowest BCUT2D eigenvalue weighted by Crippen LogP contribution is -2.23. The zero-order valence-corrected chi connectivity index (χ0v) is 5.53. The van der Waals surface area contributed by atoms with Crippen molar-refractivity contribution in [3.8, 4) is 0 Å². The smallest absolute Gasteiger partial charge is 0.0454 e. The quantitative estimate of drug-likeness (QED) is 0.445. The van der Waals surface area contributed by atoms with Gasteiger partial charge in [0.15, 0.2) is 0 Å². The summed E-state index contributed by atoms with van der Waals surface area (Å²) in [4.78, 5) is 2.49. The molecule has 2 aliphatic heterocycles. The zero-order valence-electron chi connectivity index (χ0n) is 4.71. The van der Waals surface area contributed by atoms with Gasteiger partial charge in [-0.15, -0.1) is 11.8 Å². The van der Waals surface area contributed by atoms with Crippen molar-refractivity contribution < 1.29 is 0 Å². The van der Waals surface area contributed by atoms with E-state index in [1.54, 1.807) is 0 Å². The molecule has 0 aromatic heterocycles. The van der Waals surface area contributed by atoms with Crippen molar-refractivity contribution in [2.24, 2.45) is 0 Å². The van der Waals surface area contributed by atoms with E-state index in [1.165, 1.54) is 18.2 Å². The summed E-state index contributed by atoms with van der Waals surface area (Å²) < 4.78 is 0. The Balaban J connectivity index is 2.13. The Morgan fingerprint density at radius 2 is 2.62 bits per heavy atom. The number of rotatable bonds is 0. The highest BCUT2D eigenvalue weighted by atomic mass is 32.2. The van der Waals surface area contributed by atoms with Gasteiger partial charge in [-0.25, -0.2) is 0 Å². The number of hydrogen-bond donors (Lipinski definition) is 0. The van der Waals surface area contributed by atoms with Gasteiger partial charge in [-0.05, 0) is 0 Å². The van der Waals surface area contributed by atoms with Crippen molar-refractivity contribution in [1.82, 2.24) is 4.90 Å². The van der Waals surface area contributed by atoms with E-state index >= 15 is 0 Å². The minimum Gasteiger partial charge on any atom is -0.283 e. The van der Waals surface area contributed by atoms with Gasteiger partial charge in [-0.2, -0.15) is 0 Å². The topological polar surface area (TPSA) is 3.24 Å². The summed E-state index contributed by atoms with van der Waals surface area (Å²) in [6.45, 7) is 1.19. The summed E-state index contributed by atoms with van der Waals surface area (Å²) in [5.74, 6) is 2.56. The van der Waals surface area contributed by atoms with Gasteiger partial charge in [-0.3, -0.25) is 4.90 Å². The third-order valence-electron chi connectivity index (χ3n) is 1.71. The van der Waals surface area contributed by atoms with Crippen molar-refractivity contribution in [3.63, 3.8) is 0 Å². The standard InChI is InChI=1S/C6H9NS/c1-2-6-4-8-5-7(6)3-1/h1-2,6H,3-5H2. The third kappa shape index (κ3) is 0.599. The Bertz CT molecular complexity index is 122. The molecule has 44 valence electrons. The maximum Gasteiger partial charge on any atom is 0.0454 e. The molecule has 1 atom stereocenters. The Kier molecular flexibility index (Phi) is 1.09. The Labute approximate surface area is 53.7 Å². The van der Waals surface area contributed by atoms with Crippen LogP contribution in [0.5, 0.6) is 0 Å². The average molecular weight is 127 g/mol. The summed E-state index contributed by atoms with van der Waals surface area (Å²) in [7, 11) is 0. The number of hydrogen-bond acceptors (Lipinski definition) is 2. The first-order valence-corrected chi connectivity index (χ1v) is 4.11. The number of thioether (sulfide) groups is 1. The lowest BCUT2D eigenvalue weighted by atomic mass is 10.3. The van der Waals surface area contributed by atoms with E-state index < -0.39 is 0 Å². The fourth-order valence-electron chi connectivity index (χ4n) is 1.21. The van der Waals surface area contributed by atoms with Crippen LogP contribution < -0.4 is 0 Å². The molecule has 1 nitrogen and oxygen atoms in total. The van der Waals surface area contributed by atoms with Gasteiger partial charge in [0.05, 0.1) is 0 Å². The predicted molar refractivity (Wildman–Crippen MR) is 37.0 cm³/mol. The van der Waals surface area contributed by atoms with Crippen molar-refractivity contribution >= 4 is 11.8 Å². The van der Waals surface area contributed by atoms with E-state index in [0.717, 1.165) is 6.04 Å². The normalized spacial score (nSPS) is 36.2. The number of nitrogens with zero attached hydrogens (tertiary/aromatic N) is 1. The zero-order chi connectivity index (χ0) is 5.40. The summed E-state index contributed by atoms with van der Waals surface area (Å²) in [5.41, 5.74) is 0. The largest absolute Gasteiger partial charge is 0.283 e. The maximum absolute atomic E-state index is 2.49. The molecule has 1 fully saturated rings. The first kappa shape index (κ1) is 4.89. The van der Waals surface area contributed by atoms with Crippen LogP contribution >= 0.6 is 11.8 Å². The molecular weight excluding hydrogens is 118 g/mol. The van der Waals surface area contributed by atoms with Crippen molar-refractivity contribution in [3.05, 3.63) is 12.2 Å². The molecule has 0 radical (unpaired) electrons. The van der Waals surface area contributed by atoms with Crippen molar-refractivity contribution in [1.29, 1.82) is 0 Å². The molecule has 2 rings (SSSR count). The van der Waals surface area contributed by atoms with Crippen LogP contribution in [0.15, 0.2) is 12.2 Å². The van der Waals surface area contributed by atoms with Crippen LogP contribution in [0.2, 0.25) is 0 Å². The van der Waals surface area contributed by atoms with E-state index in [-0.39, 0.29) is 0 Å². The third-order valence-corrected chi connectivity index (χ3v) is 2.80. The van der Waals surface area contributed by atoms with Gasteiger partial charge in [0.2, 0.25) is 0 Å². The van der Waals surface area contributed by atoms with Crippen LogP contribution in [0, 0.1) is 0 Å². The lowest BCUT2D eigenvalue weighted by molar-refractivity contribution is 0.359. The van der Waals surface area contributed by atoms with Crippen LogP contribution in [0.25, 0.3) is 0 Å². The predicted octanol–water partition coefficient (Wildman–Crippen LogP) is 0.931. The summed E-state index contributed by atoms with van der Waals surface area (Å²) in [6, 6.07) is 0.792. The molecule has 0 N–H and O–H groups in total. The highest BCUT2D eigenvalue weighted by Crippen LogP contribution is 2.24. The van der Waals surface area contributed by atoms with Gasteiger partial charge in [-0.1, -0.05) is 12.2 Å². The highest BCUT2D eigenvalue weighted by molar-refractivity contribution is 7.99. The molecule has 2 aliphatic rings. The number of fused-ring (bicyclic) bond motifs is 1. The molecule has 2 heteroatoms. The Morgan fingerprint density at radius 3 is 3.50 bits per heavy atom. The van der Waals surface area contributed by atoms with E-state index in [4.69, 9.17) is 0 Å². The van der Waals surface area contributed by atoms with Gasteiger partial charge >= 0.3 is 0 Å². The Morgan fingerprint density at radius 1 is 1.62 bits per heavy atom. The van der Waals surface area contributed by atoms with Crippen LogP contribution in [-0.4, -0.2) is 29.1 Å². The van der Waals surface area contributed by atoms with Crippen LogP contribution in [0.3, 0.4) is 0 Å². The van der Waals surface area contributed by atoms with Crippen LogP contribution in [-0.2, 0) is 0 Å².